The number of hydrogen-bond acceptors (Lipinski definition) is 4. The molecule has 3 rings (SSSR count). The van der Waals surface area contributed by atoms with Gasteiger partial charge in [0.25, 0.3) is 17.7 Å². The number of hydrogen-bond donors (Lipinski definition) is 1. The van der Waals surface area contributed by atoms with Crippen LogP contribution < -0.4 is 5.32 Å². The number of piperidine rings is 1. The Morgan fingerprint density at radius 3 is 2.00 bits per heavy atom. The van der Waals surface area contributed by atoms with Crippen LogP contribution in [0.15, 0.2) is 12.1 Å². The fourth-order valence-corrected chi connectivity index (χ4v) is 2.74. The lowest BCUT2D eigenvalue weighted by Gasteiger charge is -2.38. The Morgan fingerprint density at radius 1 is 1.05 bits per heavy atom. The molecule has 1 aromatic rings. The predicted molar refractivity (Wildman–Crippen MR) is 67.6 cm³/mol. The number of nitrogens with one attached hydrogen (secondary N) is 1. The van der Waals surface area contributed by atoms with Crippen molar-refractivity contribution >= 4 is 23.6 Å². The van der Waals surface area contributed by atoms with Crippen LogP contribution in [0, 0.1) is 11.6 Å². The highest BCUT2D eigenvalue weighted by atomic mass is 19.1. The molecule has 1 aromatic carbocycles. The second-order valence-corrected chi connectivity index (χ2v) is 5.38. The summed E-state index contributed by atoms with van der Waals surface area (Å²) < 4.78 is 27.6. The first-order chi connectivity index (χ1) is 10.3. The van der Waals surface area contributed by atoms with Crippen LogP contribution in [-0.4, -0.2) is 34.1 Å². The SMILES string of the molecule is CC1(N2C(=O)c3c(F)ccc(F)c3C2=O)CCC(=O)NC1=O. The number of rotatable bonds is 1. The van der Waals surface area contributed by atoms with Crippen molar-refractivity contribution in [1.29, 1.82) is 0 Å². The fourth-order valence-electron chi connectivity index (χ4n) is 2.74. The van der Waals surface area contributed by atoms with Crippen molar-refractivity contribution in [1.82, 2.24) is 10.2 Å². The van der Waals surface area contributed by atoms with Gasteiger partial charge in [0.2, 0.25) is 5.91 Å². The van der Waals surface area contributed by atoms with E-state index in [2.05, 4.69) is 0 Å². The minimum absolute atomic E-state index is 0.0827. The molecule has 1 N–H and O–H groups in total. The summed E-state index contributed by atoms with van der Waals surface area (Å²) >= 11 is 0. The molecule has 2 aliphatic rings. The highest BCUT2D eigenvalue weighted by molar-refractivity contribution is 6.24. The number of benzene rings is 1. The Bertz CT molecular complexity index is 720. The number of amides is 4. The Kier molecular flexibility index (Phi) is 2.88. The fraction of sp³-hybridized carbons (Fsp3) is 0.286. The maximum absolute atomic E-state index is 13.8. The zero-order valence-corrected chi connectivity index (χ0v) is 11.4. The molecule has 0 spiro atoms. The van der Waals surface area contributed by atoms with Gasteiger partial charge in [-0.15, -0.1) is 0 Å². The van der Waals surface area contributed by atoms with E-state index >= 15 is 0 Å². The van der Waals surface area contributed by atoms with E-state index in [1.165, 1.54) is 6.92 Å². The molecule has 0 aromatic heterocycles. The van der Waals surface area contributed by atoms with Gasteiger partial charge >= 0.3 is 0 Å². The molecule has 2 heterocycles. The van der Waals surface area contributed by atoms with E-state index in [0.29, 0.717) is 4.90 Å². The number of halogens is 2. The van der Waals surface area contributed by atoms with Crippen molar-refractivity contribution in [2.45, 2.75) is 25.3 Å². The minimum Gasteiger partial charge on any atom is -0.294 e. The van der Waals surface area contributed by atoms with Crippen molar-refractivity contribution < 1.29 is 28.0 Å². The molecule has 1 saturated heterocycles. The standard InChI is InChI=1S/C14H10F2N2O4/c1-14(5-4-8(19)17-13(14)22)18-11(20)9-6(15)2-3-7(16)10(9)12(18)21/h2-3H,4-5H2,1H3,(H,17,19,22). The molecule has 8 heteroatoms. The Hall–Kier alpha value is -2.64. The van der Waals surface area contributed by atoms with E-state index in [4.69, 9.17) is 0 Å². The van der Waals surface area contributed by atoms with Gasteiger partial charge in [-0.25, -0.2) is 8.78 Å². The molecule has 0 bridgehead atoms. The molecule has 0 radical (unpaired) electrons. The van der Waals surface area contributed by atoms with Crippen molar-refractivity contribution in [2.75, 3.05) is 0 Å². The van der Waals surface area contributed by atoms with Crippen molar-refractivity contribution in [2.24, 2.45) is 0 Å². The first-order valence-electron chi connectivity index (χ1n) is 6.48. The van der Waals surface area contributed by atoms with E-state index < -0.39 is 51.9 Å². The second kappa shape index (κ2) is 4.43. The average Bonchev–Trinajstić information content (AvgIpc) is 2.72. The number of imide groups is 2. The molecule has 114 valence electrons. The van der Waals surface area contributed by atoms with Gasteiger partial charge in [-0.05, 0) is 25.5 Å². The molecule has 1 unspecified atom stereocenters. The van der Waals surface area contributed by atoms with Gasteiger partial charge in [-0.2, -0.15) is 0 Å². The highest BCUT2D eigenvalue weighted by Gasteiger charge is 2.54. The van der Waals surface area contributed by atoms with Crippen LogP contribution in [0.25, 0.3) is 0 Å². The third-order valence-electron chi connectivity index (χ3n) is 4.01. The van der Waals surface area contributed by atoms with E-state index in [0.717, 1.165) is 12.1 Å². The lowest BCUT2D eigenvalue weighted by molar-refractivity contribution is -0.140. The van der Waals surface area contributed by atoms with Crippen LogP contribution >= 0.6 is 0 Å². The van der Waals surface area contributed by atoms with E-state index in [9.17, 15) is 28.0 Å². The van der Waals surface area contributed by atoms with Crippen LogP contribution in [0.5, 0.6) is 0 Å². The predicted octanol–water partition coefficient (Wildman–Crippen LogP) is 0.756. The van der Waals surface area contributed by atoms with Crippen LogP contribution in [0.4, 0.5) is 8.78 Å². The molecule has 4 amide bonds. The molecule has 1 fully saturated rings. The van der Waals surface area contributed by atoms with Crippen LogP contribution in [0.1, 0.15) is 40.5 Å². The van der Waals surface area contributed by atoms with E-state index in [1.807, 2.05) is 5.32 Å². The van der Waals surface area contributed by atoms with Gasteiger partial charge in [0.1, 0.15) is 17.2 Å². The molecular formula is C14H10F2N2O4. The number of nitrogens with zero attached hydrogens (tertiary/aromatic N) is 1. The molecule has 1 atom stereocenters. The lowest BCUT2D eigenvalue weighted by atomic mass is 9.89. The van der Waals surface area contributed by atoms with E-state index in [-0.39, 0.29) is 12.8 Å². The molecule has 6 nitrogen and oxygen atoms in total. The quantitative estimate of drug-likeness (QED) is 0.776. The van der Waals surface area contributed by atoms with Gasteiger partial charge in [0, 0.05) is 6.42 Å². The van der Waals surface area contributed by atoms with Crippen LogP contribution in [-0.2, 0) is 9.59 Å². The molecule has 22 heavy (non-hydrogen) atoms. The normalized spacial score (nSPS) is 24.6. The molecule has 2 aliphatic heterocycles. The summed E-state index contributed by atoms with van der Waals surface area (Å²) in [7, 11) is 0. The Balaban J connectivity index is 2.12. The topological polar surface area (TPSA) is 83.6 Å². The lowest BCUT2D eigenvalue weighted by Crippen LogP contribution is -2.62. The van der Waals surface area contributed by atoms with Gasteiger partial charge in [0.05, 0.1) is 11.1 Å². The molecular weight excluding hydrogens is 298 g/mol. The third-order valence-corrected chi connectivity index (χ3v) is 4.01. The van der Waals surface area contributed by atoms with Crippen molar-refractivity contribution in [3.8, 4) is 0 Å². The zero-order chi connectivity index (χ0) is 16.2. The van der Waals surface area contributed by atoms with Crippen LogP contribution in [0.3, 0.4) is 0 Å². The van der Waals surface area contributed by atoms with Gasteiger partial charge in [-0.3, -0.25) is 29.4 Å². The van der Waals surface area contributed by atoms with Crippen molar-refractivity contribution in [3.05, 3.63) is 34.9 Å². The Labute approximate surface area is 123 Å². The zero-order valence-electron chi connectivity index (χ0n) is 11.4. The Morgan fingerprint density at radius 2 is 1.55 bits per heavy atom. The second-order valence-electron chi connectivity index (χ2n) is 5.38. The average molecular weight is 308 g/mol. The third kappa shape index (κ3) is 1.69. The summed E-state index contributed by atoms with van der Waals surface area (Å²) in [6.45, 7) is 1.28. The smallest absolute Gasteiger partial charge is 0.265 e. The summed E-state index contributed by atoms with van der Waals surface area (Å²) in [5.41, 5.74) is -3.04. The number of carbonyl (C=O) groups is 4. The number of carbonyl (C=O) groups excluding carboxylic acids is 4. The molecule has 0 saturated carbocycles. The first kappa shape index (κ1) is 14.3. The van der Waals surface area contributed by atoms with E-state index in [1.54, 1.807) is 0 Å². The maximum Gasteiger partial charge on any atom is 0.265 e. The largest absolute Gasteiger partial charge is 0.294 e. The summed E-state index contributed by atoms with van der Waals surface area (Å²) in [5, 5.41) is 2.03. The summed E-state index contributed by atoms with van der Waals surface area (Å²) in [6, 6.07) is 1.49. The van der Waals surface area contributed by atoms with Crippen LogP contribution in [0.2, 0.25) is 0 Å². The highest BCUT2D eigenvalue weighted by Crippen LogP contribution is 2.35. The first-order valence-corrected chi connectivity index (χ1v) is 6.48. The summed E-state index contributed by atoms with van der Waals surface area (Å²) in [5.74, 6) is -5.61. The van der Waals surface area contributed by atoms with Gasteiger partial charge < -0.3 is 0 Å². The maximum atomic E-state index is 13.8. The summed E-state index contributed by atoms with van der Waals surface area (Å²) in [6.07, 6.45) is -0.188. The van der Waals surface area contributed by atoms with Gasteiger partial charge in [-0.1, -0.05) is 0 Å². The minimum atomic E-state index is -1.67. The number of fused-ring (bicyclic) bond motifs is 1. The van der Waals surface area contributed by atoms with Gasteiger partial charge in [0.15, 0.2) is 0 Å². The molecule has 0 aliphatic carbocycles. The monoisotopic (exact) mass is 308 g/mol. The summed E-state index contributed by atoms with van der Waals surface area (Å²) in [4.78, 5) is 48.5. The van der Waals surface area contributed by atoms with Crippen molar-refractivity contribution in [3.63, 3.8) is 0 Å².